The Morgan fingerprint density at radius 2 is 2.31 bits per heavy atom. The van der Waals surface area contributed by atoms with Gasteiger partial charge in [-0.1, -0.05) is 0 Å². The highest BCUT2D eigenvalue weighted by molar-refractivity contribution is 9.10. The van der Waals surface area contributed by atoms with E-state index < -0.39 is 0 Å². The summed E-state index contributed by atoms with van der Waals surface area (Å²) in [6.45, 7) is 0.588. The number of rotatable bonds is 3. The molecule has 0 amide bonds. The summed E-state index contributed by atoms with van der Waals surface area (Å²) in [6, 6.07) is 4.28. The standard InChI is InChI=1S/C12H17BrN2O/c13-9-4-5-11(15-7-9)8-16-12-3-1-2-10(14)6-12/h4-5,7,10,12H,1-3,6,8,14H2. The molecule has 88 valence electrons. The molecule has 1 heterocycles. The molecule has 1 aromatic heterocycles. The second-order valence-corrected chi connectivity index (χ2v) is 5.24. The molecule has 0 spiro atoms. The van der Waals surface area contributed by atoms with Crippen LogP contribution in [0.15, 0.2) is 22.8 Å². The molecule has 2 atom stereocenters. The third-order valence-electron chi connectivity index (χ3n) is 2.92. The maximum atomic E-state index is 5.91. The van der Waals surface area contributed by atoms with Crippen LogP contribution >= 0.6 is 15.9 Å². The zero-order valence-electron chi connectivity index (χ0n) is 9.23. The molecule has 4 heteroatoms. The van der Waals surface area contributed by atoms with Crippen LogP contribution in [0.25, 0.3) is 0 Å². The number of nitrogens with zero attached hydrogens (tertiary/aromatic N) is 1. The first kappa shape index (κ1) is 12.0. The van der Waals surface area contributed by atoms with E-state index in [1.54, 1.807) is 6.20 Å². The second-order valence-electron chi connectivity index (χ2n) is 4.33. The van der Waals surface area contributed by atoms with E-state index in [-0.39, 0.29) is 0 Å². The molecular formula is C12H17BrN2O. The van der Waals surface area contributed by atoms with E-state index in [1.165, 1.54) is 6.42 Å². The van der Waals surface area contributed by atoms with Crippen LogP contribution in [0.5, 0.6) is 0 Å². The predicted molar refractivity (Wildman–Crippen MR) is 67.0 cm³/mol. The normalized spacial score (nSPS) is 25.6. The molecule has 1 aromatic rings. The van der Waals surface area contributed by atoms with Crippen LogP contribution in [-0.4, -0.2) is 17.1 Å². The van der Waals surface area contributed by atoms with Gasteiger partial charge in [0.05, 0.1) is 18.4 Å². The molecule has 0 radical (unpaired) electrons. The Hall–Kier alpha value is -0.450. The van der Waals surface area contributed by atoms with Crippen LogP contribution in [0.4, 0.5) is 0 Å². The molecule has 0 saturated heterocycles. The molecule has 0 aliphatic heterocycles. The summed E-state index contributed by atoms with van der Waals surface area (Å²) in [4.78, 5) is 4.28. The topological polar surface area (TPSA) is 48.1 Å². The smallest absolute Gasteiger partial charge is 0.0891 e. The lowest BCUT2D eigenvalue weighted by Gasteiger charge is -2.26. The van der Waals surface area contributed by atoms with E-state index in [0.29, 0.717) is 18.8 Å². The summed E-state index contributed by atoms with van der Waals surface area (Å²) < 4.78 is 6.82. The molecule has 3 nitrogen and oxygen atoms in total. The fraction of sp³-hybridized carbons (Fsp3) is 0.583. The minimum atomic E-state index is 0.314. The zero-order valence-corrected chi connectivity index (χ0v) is 10.8. The Labute approximate surface area is 105 Å². The van der Waals surface area contributed by atoms with E-state index in [1.807, 2.05) is 12.1 Å². The number of hydrogen-bond acceptors (Lipinski definition) is 3. The first-order valence-electron chi connectivity index (χ1n) is 5.71. The average molecular weight is 285 g/mol. The monoisotopic (exact) mass is 284 g/mol. The molecule has 1 aliphatic rings. The van der Waals surface area contributed by atoms with E-state index in [2.05, 4.69) is 20.9 Å². The van der Waals surface area contributed by atoms with Crippen molar-refractivity contribution in [3.8, 4) is 0 Å². The maximum absolute atomic E-state index is 5.91. The lowest BCUT2D eigenvalue weighted by molar-refractivity contribution is 0.0107. The van der Waals surface area contributed by atoms with Crippen molar-refractivity contribution < 1.29 is 4.74 Å². The highest BCUT2D eigenvalue weighted by Gasteiger charge is 2.19. The molecule has 2 rings (SSSR count). The Morgan fingerprint density at radius 1 is 1.44 bits per heavy atom. The maximum Gasteiger partial charge on any atom is 0.0891 e. The van der Waals surface area contributed by atoms with Gasteiger partial charge in [-0.25, -0.2) is 0 Å². The van der Waals surface area contributed by atoms with Gasteiger partial charge in [-0.3, -0.25) is 4.98 Å². The predicted octanol–water partition coefficient (Wildman–Crippen LogP) is 2.63. The SMILES string of the molecule is NC1CCCC(OCc2ccc(Br)cn2)C1. The lowest BCUT2D eigenvalue weighted by atomic mass is 9.94. The van der Waals surface area contributed by atoms with Gasteiger partial charge >= 0.3 is 0 Å². The molecule has 2 N–H and O–H groups in total. The summed E-state index contributed by atoms with van der Waals surface area (Å²) in [5, 5.41) is 0. The van der Waals surface area contributed by atoms with E-state index in [0.717, 1.165) is 29.4 Å². The Balaban J connectivity index is 1.80. The summed E-state index contributed by atoms with van der Waals surface area (Å²) in [5.74, 6) is 0. The van der Waals surface area contributed by atoms with Crippen molar-refractivity contribution in [2.24, 2.45) is 5.73 Å². The molecular weight excluding hydrogens is 268 g/mol. The van der Waals surface area contributed by atoms with Crippen LogP contribution in [0, 0.1) is 0 Å². The quantitative estimate of drug-likeness (QED) is 0.928. The number of hydrogen-bond donors (Lipinski definition) is 1. The van der Waals surface area contributed by atoms with Gasteiger partial charge in [0.1, 0.15) is 0 Å². The minimum Gasteiger partial charge on any atom is -0.372 e. The molecule has 0 aromatic carbocycles. The summed E-state index contributed by atoms with van der Waals surface area (Å²) >= 11 is 3.36. The molecule has 2 unspecified atom stereocenters. The van der Waals surface area contributed by atoms with Crippen molar-refractivity contribution in [1.29, 1.82) is 0 Å². The molecule has 1 fully saturated rings. The summed E-state index contributed by atoms with van der Waals surface area (Å²) in [5.41, 5.74) is 6.89. The van der Waals surface area contributed by atoms with Gasteiger partial charge in [-0.2, -0.15) is 0 Å². The van der Waals surface area contributed by atoms with Crippen molar-refractivity contribution in [1.82, 2.24) is 4.98 Å². The molecule has 16 heavy (non-hydrogen) atoms. The van der Waals surface area contributed by atoms with Crippen LogP contribution in [0.1, 0.15) is 31.4 Å². The van der Waals surface area contributed by atoms with Crippen molar-refractivity contribution in [3.05, 3.63) is 28.5 Å². The summed E-state index contributed by atoms with van der Waals surface area (Å²) in [6.07, 6.45) is 6.54. The first-order valence-corrected chi connectivity index (χ1v) is 6.51. The van der Waals surface area contributed by atoms with Gasteiger partial charge in [-0.05, 0) is 53.7 Å². The third-order valence-corrected chi connectivity index (χ3v) is 3.39. The van der Waals surface area contributed by atoms with Gasteiger partial charge in [0.15, 0.2) is 0 Å². The van der Waals surface area contributed by atoms with Gasteiger partial charge in [0, 0.05) is 16.7 Å². The van der Waals surface area contributed by atoms with Gasteiger partial charge < -0.3 is 10.5 Å². The fourth-order valence-electron chi connectivity index (χ4n) is 2.03. The highest BCUT2D eigenvalue weighted by atomic mass is 79.9. The van der Waals surface area contributed by atoms with Crippen LogP contribution < -0.4 is 5.73 Å². The number of ether oxygens (including phenoxy) is 1. The minimum absolute atomic E-state index is 0.314. The number of nitrogens with two attached hydrogens (primary N) is 1. The highest BCUT2D eigenvalue weighted by Crippen LogP contribution is 2.20. The van der Waals surface area contributed by atoms with Crippen molar-refractivity contribution in [2.45, 2.75) is 44.4 Å². The van der Waals surface area contributed by atoms with E-state index in [4.69, 9.17) is 10.5 Å². The zero-order chi connectivity index (χ0) is 11.4. The number of pyridine rings is 1. The van der Waals surface area contributed by atoms with Crippen LogP contribution in [0.2, 0.25) is 0 Å². The van der Waals surface area contributed by atoms with E-state index >= 15 is 0 Å². The molecule has 1 aliphatic carbocycles. The Morgan fingerprint density at radius 3 is 3.00 bits per heavy atom. The van der Waals surface area contributed by atoms with Gasteiger partial charge in [-0.15, -0.1) is 0 Å². The van der Waals surface area contributed by atoms with Crippen LogP contribution in [0.3, 0.4) is 0 Å². The molecule has 0 bridgehead atoms. The van der Waals surface area contributed by atoms with Crippen molar-refractivity contribution in [3.63, 3.8) is 0 Å². The van der Waals surface area contributed by atoms with Gasteiger partial charge in [0.25, 0.3) is 0 Å². The third kappa shape index (κ3) is 3.54. The number of aromatic nitrogens is 1. The van der Waals surface area contributed by atoms with E-state index in [9.17, 15) is 0 Å². The lowest BCUT2D eigenvalue weighted by Crippen LogP contribution is -2.32. The first-order chi connectivity index (χ1) is 7.74. The number of halogens is 1. The Bertz CT molecular complexity index is 328. The van der Waals surface area contributed by atoms with Gasteiger partial charge in [0.2, 0.25) is 0 Å². The Kier molecular flexibility index (Phi) is 4.32. The average Bonchev–Trinajstić information content (AvgIpc) is 2.28. The summed E-state index contributed by atoms with van der Waals surface area (Å²) in [7, 11) is 0. The van der Waals surface area contributed by atoms with Crippen molar-refractivity contribution in [2.75, 3.05) is 0 Å². The van der Waals surface area contributed by atoms with Crippen molar-refractivity contribution >= 4 is 15.9 Å². The largest absolute Gasteiger partial charge is 0.372 e. The second kappa shape index (κ2) is 5.75. The fourth-order valence-corrected chi connectivity index (χ4v) is 2.26. The molecule has 1 saturated carbocycles. The van der Waals surface area contributed by atoms with Crippen LogP contribution in [-0.2, 0) is 11.3 Å².